The third kappa shape index (κ3) is 2.39. The van der Waals surface area contributed by atoms with Crippen LogP contribution < -0.4 is 0 Å². The Balaban J connectivity index is 2.16. The summed E-state index contributed by atoms with van der Waals surface area (Å²) in [5.74, 6) is 0.0342. The Morgan fingerprint density at radius 3 is 2.18 bits per heavy atom. The molecule has 0 saturated carbocycles. The van der Waals surface area contributed by atoms with Gasteiger partial charge in [0, 0.05) is 18.3 Å². The summed E-state index contributed by atoms with van der Waals surface area (Å²) < 4.78 is 23.2. The first-order valence-electron chi connectivity index (χ1n) is 6.07. The second-order valence-corrected chi connectivity index (χ2v) is 7.38. The smallest absolute Gasteiger partial charge is 0.246 e. The number of nitrogens with zero attached hydrogens (tertiary/aromatic N) is 1. The first-order valence-corrected chi connectivity index (χ1v) is 8.02. The van der Waals surface area contributed by atoms with E-state index in [2.05, 4.69) is 0 Å². The average molecular weight is 257 g/mol. The average Bonchev–Trinajstić information content (AvgIpc) is 2.48. The molecule has 4 nitrogen and oxygen atoms in total. The molecule has 1 amide bonds. The lowest BCUT2D eigenvalue weighted by Crippen LogP contribution is -2.49. The Hall–Kier alpha value is -0.840. The lowest BCUT2D eigenvalue weighted by molar-refractivity contribution is -0.130. The van der Waals surface area contributed by atoms with Crippen LogP contribution in [0, 0.1) is 0 Å². The van der Waals surface area contributed by atoms with E-state index in [1.54, 1.807) is 12.2 Å². The fourth-order valence-electron chi connectivity index (χ4n) is 3.07. The molecular weight excluding hydrogens is 238 g/mol. The van der Waals surface area contributed by atoms with E-state index in [1.807, 2.05) is 11.8 Å². The van der Waals surface area contributed by atoms with Crippen molar-refractivity contribution in [3.05, 3.63) is 12.2 Å². The Morgan fingerprint density at radius 2 is 1.76 bits per heavy atom. The monoisotopic (exact) mass is 257 g/mol. The van der Waals surface area contributed by atoms with Crippen molar-refractivity contribution < 1.29 is 13.2 Å². The number of allylic oxidation sites excluding steroid dienone is 1. The van der Waals surface area contributed by atoms with Gasteiger partial charge in [-0.25, -0.2) is 8.42 Å². The molecule has 2 rings (SSSR count). The van der Waals surface area contributed by atoms with E-state index in [0.29, 0.717) is 12.8 Å². The highest BCUT2D eigenvalue weighted by molar-refractivity contribution is 7.91. The van der Waals surface area contributed by atoms with Crippen molar-refractivity contribution in [3.63, 3.8) is 0 Å². The summed E-state index contributed by atoms with van der Waals surface area (Å²) in [5.41, 5.74) is 0. The van der Waals surface area contributed by atoms with Crippen LogP contribution in [0.15, 0.2) is 12.2 Å². The van der Waals surface area contributed by atoms with Crippen molar-refractivity contribution in [3.8, 4) is 0 Å². The van der Waals surface area contributed by atoms with Gasteiger partial charge in [-0.3, -0.25) is 4.79 Å². The molecule has 2 aliphatic rings. The number of carbonyl (C=O) groups excluding carboxylic acids is 1. The molecular formula is C12H19NO3S. The number of piperidine rings is 1. The van der Waals surface area contributed by atoms with E-state index in [1.165, 1.54) is 6.26 Å². The van der Waals surface area contributed by atoms with E-state index in [-0.39, 0.29) is 23.2 Å². The standard InChI is InChI=1S/C12H19NO3S/c1-3-4-12(14)13-9-5-6-10(13)8-11(7-9)17(2,15)16/h3-4,9-11H,5-8H2,1-2H3/b4-3+. The van der Waals surface area contributed by atoms with E-state index < -0.39 is 9.84 Å². The van der Waals surface area contributed by atoms with E-state index >= 15 is 0 Å². The first kappa shape index (κ1) is 12.6. The molecule has 2 fully saturated rings. The Kier molecular flexibility index (Phi) is 3.30. The number of sulfone groups is 1. The number of rotatable bonds is 2. The minimum atomic E-state index is -2.97. The Morgan fingerprint density at radius 1 is 1.24 bits per heavy atom. The van der Waals surface area contributed by atoms with Crippen LogP contribution in [0.2, 0.25) is 0 Å². The molecule has 2 aliphatic heterocycles. The maximum absolute atomic E-state index is 11.9. The highest BCUT2D eigenvalue weighted by atomic mass is 32.2. The first-order chi connectivity index (χ1) is 7.93. The number of amides is 1. The summed E-state index contributed by atoms with van der Waals surface area (Å²) in [6, 6.07) is 0.245. The third-order valence-corrected chi connectivity index (χ3v) is 5.45. The Labute approximate surface area is 103 Å². The molecule has 0 spiro atoms. The van der Waals surface area contributed by atoms with Gasteiger partial charge in [-0.2, -0.15) is 0 Å². The second-order valence-electron chi connectivity index (χ2n) is 5.05. The molecule has 2 atom stereocenters. The zero-order valence-electron chi connectivity index (χ0n) is 10.3. The summed E-state index contributed by atoms with van der Waals surface area (Å²) in [7, 11) is -2.97. The van der Waals surface area contributed by atoms with Crippen LogP contribution in [0.1, 0.15) is 32.6 Å². The molecule has 0 aromatic heterocycles. The minimum Gasteiger partial charge on any atom is -0.333 e. The van der Waals surface area contributed by atoms with Gasteiger partial charge < -0.3 is 4.90 Å². The molecule has 0 radical (unpaired) electrons. The van der Waals surface area contributed by atoms with Gasteiger partial charge in [-0.1, -0.05) is 6.08 Å². The maximum atomic E-state index is 11.9. The van der Waals surface area contributed by atoms with Crippen molar-refractivity contribution in [1.82, 2.24) is 4.90 Å². The van der Waals surface area contributed by atoms with Crippen LogP contribution in [0.3, 0.4) is 0 Å². The molecule has 5 heteroatoms. The van der Waals surface area contributed by atoms with Crippen molar-refractivity contribution >= 4 is 15.7 Å². The zero-order valence-corrected chi connectivity index (χ0v) is 11.1. The highest BCUT2D eigenvalue weighted by Gasteiger charge is 2.45. The van der Waals surface area contributed by atoms with Crippen LogP contribution in [0.5, 0.6) is 0 Å². The summed E-state index contributed by atoms with van der Waals surface area (Å²) in [4.78, 5) is 13.8. The van der Waals surface area contributed by atoms with Crippen LogP contribution in [0.25, 0.3) is 0 Å². The van der Waals surface area contributed by atoms with Crippen LogP contribution >= 0.6 is 0 Å². The fourth-order valence-corrected chi connectivity index (χ4v) is 4.21. The number of fused-ring (bicyclic) bond motifs is 2. The largest absolute Gasteiger partial charge is 0.333 e. The van der Waals surface area contributed by atoms with Crippen LogP contribution in [-0.2, 0) is 14.6 Å². The van der Waals surface area contributed by atoms with Gasteiger partial charge in [0.1, 0.15) is 9.84 Å². The van der Waals surface area contributed by atoms with Gasteiger partial charge in [0.05, 0.1) is 5.25 Å². The second kappa shape index (κ2) is 4.44. The molecule has 2 bridgehead atoms. The molecule has 0 aromatic carbocycles. The van der Waals surface area contributed by atoms with Gasteiger partial charge in [0.2, 0.25) is 5.91 Å². The van der Waals surface area contributed by atoms with Gasteiger partial charge in [0.25, 0.3) is 0 Å². The topological polar surface area (TPSA) is 54.5 Å². The minimum absolute atomic E-state index is 0.0342. The fraction of sp³-hybridized carbons (Fsp3) is 0.750. The molecule has 0 aliphatic carbocycles. The number of hydrogen-bond acceptors (Lipinski definition) is 3. The third-order valence-electron chi connectivity index (χ3n) is 3.86. The maximum Gasteiger partial charge on any atom is 0.246 e. The molecule has 2 unspecified atom stereocenters. The predicted octanol–water partition coefficient (Wildman–Crippen LogP) is 1.13. The quantitative estimate of drug-likeness (QED) is 0.697. The van der Waals surface area contributed by atoms with E-state index in [9.17, 15) is 13.2 Å². The number of carbonyl (C=O) groups is 1. The lowest BCUT2D eigenvalue weighted by Gasteiger charge is -2.37. The van der Waals surface area contributed by atoms with Crippen molar-refractivity contribution in [2.45, 2.75) is 49.9 Å². The normalized spacial score (nSPS) is 33.3. The van der Waals surface area contributed by atoms with Crippen molar-refractivity contribution in [1.29, 1.82) is 0 Å². The van der Waals surface area contributed by atoms with Crippen molar-refractivity contribution in [2.75, 3.05) is 6.26 Å². The summed E-state index contributed by atoms with van der Waals surface area (Å²) in [5, 5.41) is -0.255. The molecule has 0 N–H and O–H groups in total. The molecule has 0 aromatic rings. The Bertz CT molecular complexity index is 427. The molecule has 2 heterocycles. The van der Waals surface area contributed by atoms with Gasteiger partial charge in [-0.15, -0.1) is 0 Å². The molecule has 17 heavy (non-hydrogen) atoms. The predicted molar refractivity (Wildman–Crippen MR) is 66.3 cm³/mol. The van der Waals surface area contributed by atoms with Gasteiger partial charge in [-0.05, 0) is 38.7 Å². The summed E-state index contributed by atoms with van der Waals surface area (Å²) in [6.45, 7) is 1.82. The SMILES string of the molecule is C/C=C/C(=O)N1C2CCC1CC(S(C)(=O)=O)C2. The van der Waals surface area contributed by atoms with Gasteiger partial charge in [0.15, 0.2) is 0 Å². The summed E-state index contributed by atoms with van der Waals surface area (Å²) in [6.07, 6.45) is 7.73. The van der Waals surface area contributed by atoms with Gasteiger partial charge >= 0.3 is 0 Å². The van der Waals surface area contributed by atoms with Crippen molar-refractivity contribution in [2.24, 2.45) is 0 Å². The number of hydrogen-bond donors (Lipinski definition) is 0. The van der Waals surface area contributed by atoms with Crippen LogP contribution in [0.4, 0.5) is 0 Å². The van der Waals surface area contributed by atoms with E-state index in [4.69, 9.17) is 0 Å². The molecule has 2 saturated heterocycles. The molecule has 96 valence electrons. The highest BCUT2D eigenvalue weighted by Crippen LogP contribution is 2.38. The van der Waals surface area contributed by atoms with Crippen LogP contribution in [-0.4, -0.2) is 42.8 Å². The van der Waals surface area contributed by atoms with E-state index in [0.717, 1.165) is 12.8 Å². The zero-order chi connectivity index (χ0) is 12.6. The summed E-state index contributed by atoms with van der Waals surface area (Å²) >= 11 is 0. The lowest BCUT2D eigenvalue weighted by atomic mass is 10.0.